The van der Waals surface area contributed by atoms with Crippen LogP contribution < -0.4 is 20.7 Å². The summed E-state index contributed by atoms with van der Waals surface area (Å²) in [6.45, 7) is 4.33. The number of aryl methyl sites for hydroxylation is 2. The summed E-state index contributed by atoms with van der Waals surface area (Å²) in [5.41, 5.74) is 0.701. The molecule has 2 heterocycles. The van der Waals surface area contributed by atoms with Gasteiger partial charge in [-0.1, -0.05) is 0 Å². The summed E-state index contributed by atoms with van der Waals surface area (Å²) >= 11 is 0. The first-order valence-electron chi connectivity index (χ1n) is 9.69. The van der Waals surface area contributed by atoms with E-state index in [0.717, 1.165) is 10.9 Å². The Balaban J connectivity index is 1.57. The third kappa shape index (κ3) is 4.02. The second kappa shape index (κ2) is 8.14. The molecule has 0 bridgehead atoms. The monoisotopic (exact) mass is 434 g/mol. The van der Waals surface area contributed by atoms with E-state index < -0.39 is 29.6 Å². The maximum Gasteiger partial charge on any atom is 0.349 e. The number of ketones is 1. The zero-order chi connectivity index (χ0) is 23.0. The Hall–Kier alpha value is -4.20. The quantitative estimate of drug-likeness (QED) is 0.202. The van der Waals surface area contributed by atoms with Crippen molar-refractivity contribution in [1.82, 2.24) is 0 Å². The molecule has 2 aromatic carbocycles. The molecule has 0 atom stereocenters. The molecule has 0 spiro atoms. The lowest BCUT2D eigenvalue weighted by Gasteiger charge is -2.12. The molecule has 0 saturated carbocycles. The van der Waals surface area contributed by atoms with Crippen molar-refractivity contribution in [1.29, 1.82) is 0 Å². The van der Waals surface area contributed by atoms with Crippen LogP contribution in [0.2, 0.25) is 0 Å². The van der Waals surface area contributed by atoms with Crippen LogP contribution in [0.25, 0.3) is 21.9 Å². The molecule has 0 aliphatic heterocycles. The maximum atomic E-state index is 12.4. The largest absolute Gasteiger partial charge is 0.482 e. The molecular weight excluding hydrogens is 416 g/mol. The molecule has 4 rings (SSSR count). The summed E-state index contributed by atoms with van der Waals surface area (Å²) in [5.74, 6) is -0.928. The van der Waals surface area contributed by atoms with Crippen LogP contribution in [0.1, 0.15) is 28.4 Å². The fourth-order valence-corrected chi connectivity index (χ4v) is 3.47. The number of hydrogen-bond donors (Lipinski definition) is 0. The van der Waals surface area contributed by atoms with Gasteiger partial charge in [-0.3, -0.25) is 4.79 Å². The molecular formula is C24H18O8. The number of rotatable bonds is 5. The van der Waals surface area contributed by atoms with Gasteiger partial charge in [0.1, 0.15) is 22.6 Å². The lowest BCUT2D eigenvalue weighted by molar-refractivity contribution is -0.136. The van der Waals surface area contributed by atoms with Crippen LogP contribution in [0.3, 0.4) is 0 Å². The van der Waals surface area contributed by atoms with Crippen molar-refractivity contribution in [2.75, 3.05) is 6.61 Å². The molecule has 0 aliphatic rings. The lowest BCUT2D eigenvalue weighted by Crippen LogP contribution is -2.19. The van der Waals surface area contributed by atoms with E-state index in [1.165, 1.54) is 31.2 Å². The number of carbonyl (C=O) groups is 2. The predicted molar refractivity (Wildman–Crippen MR) is 116 cm³/mol. The van der Waals surface area contributed by atoms with Crippen LogP contribution in [0.4, 0.5) is 0 Å². The Kier molecular flexibility index (Phi) is 5.36. The third-order valence-electron chi connectivity index (χ3n) is 4.94. The number of benzene rings is 2. The van der Waals surface area contributed by atoms with Crippen LogP contribution in [0, 0.1) is 13.8 Å². The van der Waals surface area contributed by atoms with Crippen molar-refractivity contribution in [2.45, 2.75) is 20.8 Å². The minimum atomic E-state index is -0.771. The zero-order valence-electron chi connectivity index (χ0n) is 17.5. The zero-order valence-corrected chi connectivity index (χ0v) is 17.5. The molecule has 8 heteroatoms. The van der Waals surface area contributed by atoms with Crippen LogP contribution in [-0.4, -0.2) is 18.4 Å². The van der Waals surface area contributed by atoms with Crippen LogP contribution in [-0.2, 0) is 4.79 Å². The summed E-state index contributed by atoms with van der Waals surface area (Å²) in [6, 6.07) is 10.6. The average molecular weight is 434 g/mol. The molecule has 0 radical (unpaired) electrons. The Bertz CT molecular complexity index is 1510. The smallest absolute Gasteiger partial charge is 0.349 e. The first kappa shape index (κ1) is 21.0. The molecule has 0 amide bonds. The first-order chi connectivity index (χ1) is 15.2. The molecule has 0 aliphatic carbocycles. The summed E-state index contributed by atoms with van der Waals surface area (Å²) in [7, 11) is 0. The highest BCUT2D eigenvalue weighted by molar-refractivity contribution is 6.08. The van der Waals surface area contributed by atoms with Crippen LogP contribution in [0.5, 0.6) is 11.5 Å². The van der Waals surface area contributed by atoms with Crippen LogP contribution >= 0.6 is 0 Å². The van der Waals surface area contributed by atoms with Gasteiger partial charge in [-0.05, 0) is 56.2 Å². The fraction of sp³-hybridized carbons (Fsp3) is 0.167. The number of carbonyl (C=O) groups excluding carboxylic acids is 2. The molecule has 2 aromatic heterocycles. The molecule has 8 nitrogen and oxygen atoms in total. The highest BCUT2D eigenvalue weighted by Gasteiger charge is 2.20. The Morgan fingerprint density at radius 2 is 1.53 bits per heavy atom. The van der Waals surface area contributed by atoms with Crippen molar-refractivity contribution >= 4 is 33.7 Å². The van der Waals surface area contributed by atoms with Gasteiger partial charge in [-0.2, -0.15) is 0 Å². The van der Waals surface area contributed by atoms with Crippen LogP contribution in [0.15, 0.2) is 60.9 Å². The van der Waals surface area contributed by atoms with Crippen molar-refractivity contribution in [2.24, 2.45) is 0 Å². The van der Waals surface area contributed by atoms with Crippen molar-refractivity contribution < 1.29 is 27.9 Å². The fourth-order valence-electron chi connectivity index (χ4n) is 3.47. The summed E-state index contributed by atoms with van der Waals surface area (Å²) < 4.78 is 21.2. The first-order valence-corrected chi connectivity index (χ1v) is 9.69. The van der Waals surface area contributed by atoms with E-state index in [1.807, 2.05) is 0 Å². The van der Waals surface area contributed by atoms with Gasteiger partial charge in [-0.25, -0.2) is 14.4 Å². The number of ether oxygens (including phenoxy) is 2. The van der Waals surface area contributed by atoms with E-state index >= 15 is 0 Å². The number of fused-ring (bicyclic) bond motifs is 2. The lowest BCUT2D eigenvalue weighted by atomic mass is 10.0. The molecule has 32 heavy (non-hydrogen) atoms. The van der Waals surface area contributed by atoms with E-state index in [-0.39, 0.29) is 16.9 Å². The topological polar surface area (TPSA) is 113 Å². The van der Waals surface area contributed by atoms with E-state index in [1.54, 1.807) is 32.0 Å². The Labute approximate surface area is 181 Å². The second-order valence-electron chi connectivity index (χ2n) is 7.29. The molecule has 162 valence electrons. The van der Waals surface area contributed by atoms with Gasteiger partial charge >= 0.3 is 17.2 Å². The van der Waals surface area contributed by atoms with E-state index in [4.69, 9.17) is 18.3 Å². The Morgan fingerprint density at radius 1 is 0.875 bits per heavy atom. The highest BCUT2D eigenvalue weighted by atomic mass is 16.6. The van der Waals surface area contributed by atoms with E-state index in [9.17, 15) is 19.2 Å². The van der Waals surface area contributed by atoms with E-state index in [2.05, 4.69) is 0 Å². The van der Waals surface area contributed by atoms with Gasteiger partial charge in [0.05, 0.1) is 0 Å². The average Bonchev–Trinajstić information content (AvgIpc) is 2.71. The van der Waals surface area contributed by atoms with Crippen molar-refractivity contribution in [3.8, 4) is 11.5 Å². The summed E-state index contributed by atoms with van der Waals surface area (Å²) in [4.78, 5) is 47.9. The van der Waals surface area contributed by atoms with Gasteiger partial charge in [0.25, 0.3) is 0 Å². The molecule has 0 fully saturated rings. The van der Waals surface area contributed by atoms with E-state index in [0.29, 0.717) is 22.3 Å². The number of hydrogen-bond acceptors (Lipinski definition) is 8. The van der Waals surface area contributed by atoms with Gasteiger partial charge in [0.2, 0.25) is 0 Å². The minimum Gasteiger partial charge on any atom is -0.482 e. The van der Waals surface area contributed by atoms with Gasteiger partial charge in [0, 0.05) is 29.0 Å². The molecule has 0 N–H and O–H groups in total. The predicted octanol–water partition coefficient (Wildman–Crippen LogP) is 3.70. The maximum absolute atomic E-state index is 12.4. The molecule has 0 saturated heterocycles. The molecule has 4 aromatic rings. The third-order valence-corrected chi connectivity index (χ3v) is 4.94. The second-order valence-corrected chi connectivity index (χ2v) is 7.29. The van der Waals surface area contributed by atoms with Gasteiger partial charge < -0.3 is 18.3 Å². The number of Topliss-reactive ketones (excluding diaryl/α,β-unsaturated/α-hetero) is 1. The molecule has 0 unspecified atom stereocenters. The van der Waals surface area contributed by atoms with Gasteiger partial charge in [0.15, 0.2) is 18.0 Å². The van der Waals surface area contributed by atoms with Gasteiger partial charge in [-0.15, -0.1) is 0 Å². The van der Waals surface area contributed by atoms with Crippen molar-refractivity contribution in [3.05, 3.63) is 80.0 Å². The summed E-state index contributed by atoms with van der Waals surface area (Å²) in [6.07, 6.45) is 0. The minimum absolute atomic E-state index is 0.000365. The Morgan fingerprint density at radius 3 is 2.25 bits per heavy atom. The summed E-state index contributed by atoms with van der Waals surface area (Å²) in [5, 5.41) is 1.32. The van der Waals surface area contributed by atoms with Crippen molar-refractivity contribution in [3.63, 3.8) is 0 Å². The standard InChI is InChI=1S/C24H18O8/c1-12-8-20(26)31-19-10-15(4-5-16(12)19)29-11-22(28)30-18-7-6-17-13(2)9-21(27)32-24(17)23(18)14(3)25/h4-10H,11H2,1-3H3. The number of esters is 1. The SMILES string of the molecule is CC(=O)c1c(OC(=O)COc2ccc3c(C)cc(=O)oc3c2)ccc2c(C)cc(=O)oc12. The highest BCUT2D eigenvalue weighted by Crippen LogP contribution is 2.30. The normalized spacial score (nSPS) is 11.0.